The molecule has 0 aliphatic rings. The highest BCUT2D eigenvalue weighted by molar-refractivity contribution is 6.30. The van der Waals surface area contributed by atoms with Gasteiger partial charge in [0.05, 0.1) is 6.10 Å². The number of carbonyl (C=O) groups is 1. The molecule has 0 aliphatic carbocycles. The quantitative estimate of drug-likeness (QED) is 0.717. The highest BCUT2D eigenvalue weighted by Gasteiger charge is 2.08. The first-order valence-corrected chi connectivity index (χ1v) is 5.91. The van der Waals surface area contributed by atoms with E-state index in [0.717, 1.165) is 5.56 Å². The molecule has 0 fully saturated rings. The molecule has 4 nitrogen and oxygen atoms in total. The highest BCUT2D eigenvalue weighted by Crippen LogP contribution is 2.15. The van der Waals surface area contributed by atoms with Gasteiger partial charge in [-0.15, -0.1) is 0 Å². The summed E-state index contributed by atoms with van der Waals surface area (Å²) in [5.74, 6) is -0.0940. The third-order valence-corrected chi connectivity index (χ3v) is 2.61. The Hall–Kier alpha value is -1.10. The number of benzene rings is 1. The molecule has 0 bridgehead atoms. The topological polar surface area (TPSA) is 75.4 Å². The predicted molar refractivity (Wildman–Crippen MR) is 67.7 cm³/mol. The van der Waals surface area contributed by atoms with Crippen molar-refractivity contribution in [3.05, 3.63) is 34.9 Å². The third kappa shape index (κ3) is 5.17. The Bertz CT molecular complexity index is 354. The van der Waals surface area contributed by atoms with Gasteiger partial charge in [-0.05, 0) is 30.7 Å². The number of carbonyl (C=O) groups excluding carboxylic acids is 1. The molecule has 0 radical (unpaired) electrons. The van der Waals surface area contributed by atoms with Crippen molar-refractivity contribution < 1.29 is 9.90 Å². The summed E-state index contributed by atoms with van der Waals surface area (Å²) in [6, 6.07) is 6.88. The Labute approximate surface area is 106 Å². The molecule has 0 heterocycles. The summed E-state index contributed by atoms with van der Waals surface area (Å²) in [5, 5.41) is 13.1. The number of aliphatic hydroxyl groups excluding tert-OH is 1. The Morgan fingerprint density at radius 3 is 2.65 bits per heavy atom. The lowest BCUT2D eigenvalue weighted by atomic mass is 10.1. The molecule has 1 aromatic carbocycles. The number of hydrogen-bond donors (Lipinski definition) is 3. The minimum absolute atomic E-state index is 0.0940. The van der Waals surface area contributed by atoms with Gasteiger partial charge in [0.15, 0.2) is 0 Å². The Kier molecular flexibility index (Phi) is 5.97. The maximum absolute atomic E-state index is 11.3. The normalized spacial score (nSPS) is 12.2. The fraction of sp³-hybridized carbons (Fsp3) is 0.417. The van der Waals surface area contributed by atoms with E-state index < -0.39 is 6.10 Å². The summed E-state index contributed by atoms with van der Waals surface area (Å²) < 4.78 is 0. The van der Waals surface area contributed by atoms with Crippen LogP contribution in [0.5, 0.6) is 0 Å². The van der Waals surface area contributed by atoms with Crippen LogP contribution >= 0.6 is 11.6 Å². The number of aliphatic hydroxyl groups is 1. The van der Waals surface area contributed by atoms with E-state index in [0.29, 0.717) is 24.4 Å². The lowest BCUT2D eigenvalue weighted by Gasteiger charge is -2.12. The Balaban J connectivity index is 2.36. The molecule has 1 unspecified atom stereocenters. The monoisotopic (exact) mass is 256 g/mol. The fourth-order valence-corrected chi connectivity index (χ4v) is 1.49. The van der Waals surface area contributed by atoms with E-state index >= 15 is 0 Å². The van der Waals surface area contributed by atoms with E-state index in [4.69, 9.17) is 17.3 Å². The standard InChI is InChI=1S/C12H17ClN2O2/c13-10-5-3-9(4-6-10)11(16)8-15-12(17)2-1-7-14/h3-6,11,16H,1-2,7-8,14H2,(H,15,17). The summed E-state index contributed by atoms with van der Waals surface area (Å²) >= 11 is 5.74. The van der Waals surface area contributed by atoms with Crippen molar-refractivity contribution in [1.82, 2.24) is 5.32 Å². The largest absolute Gasteiger partial charge is 0.387 e. The van der Waals surface area contributed by atoms with Crippen molar-refractivity contribution in [2.24, 2.45) is 5.73 Å². The number of halogens is 1. The molecule has 1 atom stereocenters. The second-order valence-corrected chi connectivity index (χ2v) is 4.20. The van der Waals surface area contributed by atoms with Crippen LogP contribution in [0.4, 0.5) is 0 Å². The lowest BCUT2D eigenvalue weighted by molar-refractivity contribution is -0.121. The Morgan fingerprint density at radius 1 is 1.41 bits per heavy atom. The first-order valence-electron chi connectivity index (χ1n) is 5.53. The fourth-order valence-electron chi connectivity index (χ4n) is 1.36. The van der Waals surface area contributed by atoms with E-state index in [1.165, 1.54) is 0 Å². The van der Waals surface area contributed by atoms with Crippen LogP contribution in [0.3, 0.4) is 0 Å². The molecular formula is C12H17ClN2O2. The molecule has 5 heteroatoms. The van der Waals surface area contributed by atoms with E-state index in [-0.39, 0.29) is 12.5 Å². The first kappa shape index (κ1) is 14.0. The third-order valence-electron chi connectivity index (χ3n) is 2.36. The van der Waals surface area contributed by atoms with E-state index in [9.17, 15) is 9.90 Å². The lowest BCUT2D eigenvalue weighted by Crippen LogP contribution is -2.28. The zero-order chi connectivity index (χ0) is 12.7. The molecule has 17 heavy (non-hydrogen) atoms. The van der Waals surface area contributed by atoms with Gasteiger partial charge >= 0.3 is 0 Å². The number of amides is 1. The summed E-state index contributed by atoms with van der Waals surface area (Å²) in [4.78, 5) is 11.3. The molecule has 0 saturated heterocycles. The van der Waals surface area contributed by atoms with Gasteiger partial charge in [-0.3, -0.25) is 4.79 Å². The van der Waals surface area contributed by atoms with Crippen LogP contribution in [-0.4, -0.2) is 24.1 Å². The number of hydrogen-bond acceptors (Lipinski definition) is 3. The second kappa shape index (κ2) is 7.27. The molecule has 0 saturated carbocycles. The minimum Gasteiger partial charge on any atom is -0.387 e. The van der Waals surface area contributed by atoms with Crippen LogP contribution in [0.15, 0.2) is 24.3 Å². The van der Waals surface area contributed by atoms with Gasteiger partial charge in [-0.2, -0.15) is 0 Å². The highest BCUT2D eigenvalue weighted by atomic mass is 35.5. The molecule has 0 aliphatic heterocycles. The molecule has 1 amide bonds. The molecular weight excluding hydrogens is 240 g/mol. The van der Waals surface area contributed by atoms with Crippen molar-refractivity contribution in [2.45, 2.75) is 18.9 Å². The summed E-state index contributed by atoms with van der Waals surface area (Å²) in [6.07, 6.45) is 0.335. The summed E-state index contributed by atoms with van der Waals surface area (Å²) in [7, 11) is 0. The zero-order valence-electron chi connectivity index (χ0n) is 9.53. The summed E-state index contributed by atoms with van der Waals surface area (Å²) in [5.41, 5.74) is 6.03. The predicted octanol–water partition coefficient (Wildman–Crippen LogP) is 1.23. The van der Waals surface area contributed by atoms with Gasteiger partial charge in [-0.1, -0.05) is 23.7 Å². The zero-order valence-corrected chi connectivity index (χ0v) is 10.3. The average Bonchev–Trinajstić information content (AvgIpc) is 2.34. The molecule has 1 aromatic rings. The first-order chi connectivity index (χ1) is 8.13. The molecule has 1 rings (SSSR count). The van der Waals surface area contributed by atoms with E-state index in [1.54, 1.807) is 24.3 Å². The van der Waals surface area contributed by atoms with Gasteiger partial charge in [-0.25, -0.2) is 0 Å². The second-order valence-electron chi connectivity index (χ2n) is 3.76. The summed E-state index contributed by atoms with van der Waals surface area (Å²) in [6.45, 7) is 0.693. The van der Waals surface area contributed by atoms with Crippen molar-refractivity contribution in [1.29, 1.82) is 0 Å². The van der Waals surface area contributed by atoms with Gasteiger partial charge in [0.1, 0.15) is 0 Å². The van der Waals surface area contributed by atoms with Gasteiger partial charge in [0.25, 0.3) is 0 Å². The van der Waals surface area contributed by atoms with Gasteiger partial charge in [0.2, 0.25) is 5.91 Å². The SMILES string of the molecule is NCCCC(=O)NCC(O)c1ccc(Cl)cc1. The van der Waals surface area contributed by atoms with E-state index in [1.807, 2.05) is 0 Å². The van der Waals surface area contributed by atoms with Crippen molar-refractivity contribution in [2.75, 3.05) is 13.1 Å². The smallest absolute Gasteiger partial charge is 0.220 e. The van der Waals surface area contributed by atoms with Crippen molar-refractivity contribution in [3.8, 4) is 0 Å². The van der Waals surface area contributed by atoms with Crippen molar-refractivity contribution in [3.63, 3.8) is 0 Å². The molecule has 94 valence electrons. The van der Waals surface area contributed by atoms with Crippen molar-refractivity contribution >= 4 is 17.5 Å². The van der Waals surface area contributed by atoms with Gasteiger partial charge in [0, 0.05) is 18.0 Å². The number of nitrogens with two attached hydrogens (primary N) is 1. The van der Waals surface area contributed by atoms with Crippen LogP contribution in [-0.2, 0) is 4.79 Å². The number of rotatable bonds is 6. The van der Waals surface area contributed by atoms with Crippen LogP contribution in [0, 0.1) is 0 Å². The van der Waals surface area contributed by atoms with Crippen LogP contribution < -0.4 is 11.1 Å². The number of nitrogens with one attached hydrogen (secondary N) is 1. The average molecular weight is 257 g/mol. The molecule has 4 N–H and O–H groups in total. The van der Waals surface area contributed by atoms with Gasteiger partial charge < -0.3 is 16.2 Å². The van der Waals surface area contributed by atoms with Crippen LogP contribution in [0.1, 0.15) is 24.5 Å². The Morgan fingerprint density at radius 2 is 2.06 bits per heavy atom. The molecule has 0 aromatic heterocycles. The maximum Gasteiger partial charge on any atom is 0.220 e. The van der Waals surface area contributed by atoms with Crippen LogP contribution in [0.2, 0.25) is 5.02 Å². The van der Waals surface area contributed by atoms with E-state index in [2.05, 4.69) is 5.32 Å². The maximum atomic E-state index is 11.3. The molecule has 0 spiro atoms. The van der Waals surface area contributed by atoms with Crippen LogP contribution in [0.25, 0.3) is 0 Å². The minimum atomic E-state index is -0.714.